The second-order valence-corrected chi connectivity index (χ2v) is 40.2. The molecule has 0 radical (unpaired) electrons. The van der Waals surface area contributed by atoms with Gasteiger partial charge in [-0.25, -0.2) is 9.59 Å². The van der Waals surface area contributed by atoms with Crippen LogP contribution in [0.15, 0.2) is 243 Å². The molecule has 1 aliphatic carbocycles. The number of allylic oxidation sites excluding steroid dienone is 1. The van der Waals surface area contributed by atoms with Gasteiger partial charge >= 0.3 is 18.0 Å². The first-order valence-corrected chi connectivity index (χ1v) is 45.5. The van der Waals surface area contributed by atoms with E-state index in [1.54, 1.807) is 35.7 Å². The number of esters is 2. The van der Waals surface area contributed by atoms with Crippen molar-refractivity contribution >= 4 is 89.2 Å². The first kappa shape index (κ1) is 86.0. The van der Waals surface area contributed by atoms with Gasteiger partial charge in [-0.3, -0.25) is 19.2 Å². The highest BCUT2D eigenvalue weighted by Crippen LogP contribution is 2.51. The van der Waals surface area contributed by atoms with Gasteiger partial charge in [-0.1, -0.05) is 314 Å². The standard InChI is InChI=1S/C91H108N4O12S4Si/c1-62(2)86(95-87(99)79(94-89(101)104-57-78-76-50-31-29-48-74(76)75-49-30-32-51-77(75)78)59-109-91(70-41-23-14-24-42-70,71-43-25-15-26-44-71)72-45-27-16-28-46-72)80(107-112(63(3)4,64(5)6)65(7)8)56-85(98)105-73(55-83(96)93-66(9)88(100)106-82-61-111-110-60-81(82)103-58-84(97)92-52-53-102-10)47-33-34-54-108-90(67-35-17-11-18-36-67,68-37-19-12-20-38-68)69-39-21-13-22-40-69/h11-33,35-51,62-66,73,78-82,86H,34,52-61H2,1-10H3,(H,92,97)(H,93,96)(H,94,101)(H,95,99)/b47-33+/t66-,73-,79-,80+,81+,82+,86-/m1/s1. The Balaban J connectivity index is 0.959. The molecule has 8 aromatic rings. The van der Waals surface area contributed by atoms with Gasteiger partial charge < -0.3 is 49.4 Å². The molecule has 0 saturated carbocycles. The van der Waals surface area contributed by atoms with Crippen LogP contribution >= 0.6 is 45.1 Å². The van der Waals surface area contributed by atoms with Crippen LogP contribution in [-0.4, -0.2) is 143 Å². The molecule has 1 aliphatic heterocycles. The number of methoxy groups -OCH3 is 1. The Kier molecular flexibility index (Phi) is 32.4. The van der Waals surface area contributed by atoms with Crippen molar-refractivity contribution in [3.63, 3.8) is 0 Å². The van der Waals surface area contributed by atoms with Crippen molar-refractivity contribution in [3.8, 4) is 11.1 Å². The van der Waals surface area contributed by atoms with E-state index in [2.05, 4.69) is 196 Å². The largest absolute Gasteiger partial charge is 0.457 e. The summed E-state index contributed by atoms with van der Waals surface area (Å²) in [6.45, 7) is 18.9. The summed E-state index contributed by atoms with van der Waals surface area (Å²) in [5, 5.41) is 12.1. The lowest BCUT2D eigenvalue weighted by Crippen LogP contribution is -2.59. The molecule has 0 bridgehead atoms. The predicted molar refractivity (Wildman–Crippen MR) is 458 cm³/mol. The Labute approximate surface area is 679 Å². The van der Waals surface area contributed by atoms with Crippen molar-refractivity contribution in [3.05, 3.63) is 287 Å². The van der Waals surface area contributed by atoms with Gasteiger partial charge in [0.15, 0.2) is 0 Å². The number of alkyl carbamates (subject to hydrolysis) is 1. The number of fused-ring (bicyclic) bond motifs is 3. The summed E-state index contributed by atoms with van der Waals surface area (Å²) >= 11 is 3.30. The monoisotopic (exact) mass is 1600 g/mol. The molecule has 0 spiro atoms. The van der Waals surface area contributed by atoms with Crippen LogP contribution in [0.3, 0.4) is 0 Å². The molecule has 16 nitrogen and oxygen atoms in total. The number of amides is 4. The number of carbonyl (C=O) groups is 6. The van der Waals surface area contributed by atoms with Gasteiger partial charge in [-0.2, -0.15) is 0 Å². The number of thioether (sulfide) groups is 2. The Morgan fingerprint density at radius 3 is 1.46 bits per heavy atom. The van der Waals surface area contributed by atoms with E-state index in [1.807, 2.05) is 117 Å². The quantitative estimate of drug-likeness (QED) is 0.00536. The molecule has 8 aromatic carbocycles. The molecule has 0 aromatic heterocycles. The minimum atomic E-state index is -2.96. The summed E-state index contributed by atoms with van der Waals surface area (Å²) in [5.74, 6) is -1.91. The smallest absolute Gasteiger partial charge is 0.407 e. The first-order valence-electron chi connectivity index (χ1n) is 38.9. The summed E-state index contributed by atoms with van der Waals surface area (Å²) in [4.78, 5) is 87.8. The number of rotatable bonds is 40. The second kappa shape index (κ2) is 42.1. The molecular weight excluding hydrogens is 1500 g/mol. The summed E-state index contributed by atoms with van der Waals surface area (Å²) in [7, 11) is 1.66. The van der Waals surface area contributed by atoms with Crippen molar-refractivity contribution < 1.29 is 56.9 Å². The van der Waals surface area contributed by atoms with E-state index in [1.165, 1.54) is 29.5 Å². The fourth-order valence-electron chi connectivity index (χ4n) is 15.7. The van der Waals surface area contributed by atoms with Gasteiger partial charge in [0.2, 0.25) is 26.0 Å². The molecule has 21 heteroatoms. The molecule has 1 fully saturated rings. The van der Waals surface area contributed by atoms with Crippen LogP contribution < -0.4 is 21.3 Å². The lowest BCUT2D eigenvalue weighted by molar-refractivity contribution is -0.159. The maximum absolute atomic E-state index is 16.1. The highest BCUT2D eigenvalue weighted by molar-refractivity contribution is 8.76. The van der Waals surface area contributed by atoms with Gasteiger partial charge in [-0.05, 0) is 103 Å². The third-order valence-corrected chi connectivity index (χ3v) is 32.8. The molecule has 112 heavy (non-hydrogen) atoms. The molecule has 1 saturated heterocycles. The van der Waals surface area contributed by atoms with E-state index in [0.29, 0.717) is 36.8 Å². The third-order valence-electron chi connectivity index (χ3n) is 21.0. The van der Waals surface area contributed by atoms with Gasteiger partial charge in [0.05, 0.1) is 41.1 Å². The maximum Gasteiger partial charge on any atom is 0.407 e. The van der Waals surface area contributed by atoms with Crippen LogP contribution in [0.1, 0.15) is 132 Å². The predicted octanol–water partition coefficient (Wildman–Crippen LogP) is 17.6. The van der Waals surface area contributed by atoms with Crippen molar-refractivity contribution in [1.29, 1.82) is 0 Å². The summed E-state index contributed by atoms with van der Waals surface area (Å²) in [6, 6.07) is 74.9. The zero-order chi connectivity index (χ0) is 79.6. The van der Waals surface area contributed by atoms with Crippen molar-refractivity contribution in [2.75, 3.05) is 56.5 Å². The minimum Gasteiger partial charge on any atom is -0.457 e. The minimum absolute atomic E-state index is 0.0114. The maximum atomic E-state index is 16.1. The fourth-order valence-corrected chi connectivity index (χ4v) is 26.7. The number of carbonyl (C=O) groups excluding carboxylic acids is 6. The highest BCUT2D eigenvalue weighted by atomic mass is 33.1. The molecule has 2 aliphatic rings. The molecule has 4 N–H and O–H groups in total. The van der Waals surface area contributed by atoms with E-state index < -0.39 is 90.2 Å². The van der Waals surface area contributed by atoms with Crippen molar-refractivity contribution in [2.24, 2.45) is 5.92 Å². The molecule has 7 atom stereocenters. The molecule has 592 valence electrons. The molecule has 0 unspecified atom stereocenters. The number of hydrogen-bond donors (Lipinski definition) is 4. The number of ether oxygens (including phenoxy) is 5. The lowest BCUT2D eigenvalue weighted by Gasteiger charge is -2.46. The summed E-state index contributed by atoms with van der Waals surface area (Å²) < 4.78 is 36.2. The van der Waals surface area contributed by atoms with Crippen LogP contribution in [0, 0.1) is 5.92 Å². The average molecular weight is 1610 g/mol. The summed E-state index contributed by atoms with van der Waals surface area (Å²) in [5.41, 5.74) is 10.6. The van der Waals surface area contributed by atoms with Gasteiger partial charge in [0.1, 0.15) is 43.6 Å². The Morgan fingerprint density at radius 2 is 1.00 bits per heavy atom. The Morgan fingerprint density at radius 1 is 0.545 bits per heavy atom. The van der Waals surface area contributed by atoms with Crippen LogP contribution in [0.4, 0.5) is 4.79 Å². The van der Waals surface area contributed by atoms with E-state index in [-0.39, 0.29) is 66.2 Å². The van der Waals surface area contributed by atoms with E-state index in [4.69, 9.17) is 28.1 Å². The third kappa shape index (κ3) is 21.7. The Bertz CT molecular complexity index is 4080. The van der Waals surface area contributed by atoms with Crippen LogP contribution in [0.2, 0.25) is 16.6 Å². The molecular formula is C91H108N4O12S4Si. The lowest BCUT2D eigenvalue weighted by atomic mass is 9.84. The van der Waals surface area contributed by atoms with Gasteiger partial charge in [-0.15, -0.1) is 23.5 Å². The zero-order valence-corrected chi connectivity index (χ0v) is 70.1. The zero-order valence-electron chi connectivity index (χ0n) is 65.8. The Hall–Kier alpha value is -8.38. The van der Waals surface area contributed by atoms with Crippen molar-refractivity contribution in [1.82, 2.24) is 21.3 Å². The highest BCUT2D eigenvalue weighted by Gasteiger charge is 2.50. The first-order chi connectivity index (χ1) is 54.2. The van der Waals surface area contributed by atoms with E-state index in [0.717, 1.165) is 55.6 Å². The second-order valence-electron chi connectivity index (χ2n) is 29.7. The fraction of sp³-hybridized carbons (Fsp3) is 0.385. The number of nitrogens with one attached hydrogen (secondary N) is 4. The summed E-state index contributed by atoms with van der Waals surface area (Å²) in [6.07, 6.45) is -0.742. The average Bonchev–Trinajstić information content (AvgIpc) is 0.878. The van der Waals surface area contributed by atoms with Crippen LogP contribution in [-0.2, 0) is 61.6 Å². The molecule has 4 amide bonds. The van der Waals surface area contributed by atoms with E-state index in [9.17, 15) is 19.2 Å². The van der Waals surface area contributed by atoms with Gasteiger partial charge in [0, 0.05) is 36.8 Å². The topological polar surface area (TPSA) is 206 Å². The van der Waals surface area contributed by atoms with Crippen LogP contribution in [0.5, 0.6) is 0 Å². The molecule has 1 heterocycles. The van der Waals surface area contributed by atoms with Gasteiger partial charge in [0.25, 0.3) is 0 Å². The number of hydrogen-bond acceptors (Lipinski definition) is 16. The van der Waals surface area contributed by atoms with Crippen molar-refractivity contribution in [2.45, 2.75) is 156 Å². The molecule has 10 rings (SSSR count). The number of benzene rings is 8. The SMILES string of the molecule is COCCNC(=O)CO[C@H]1CSSC[C@@H]1OC(=O)[C@@H](C)NC(=O)C[C@@H](/C=C/CCSC(c1ccccc1)(c1ccccc1)c1ccccc1)OC(=O)C[C@H](O[Si](C(C)C)(C(C)C)C(C)C)[C@H](NC(=O)[C@@H](CSC(c1ccccc1)(c1ccccc1)c1ccccc1)NC(=O)OCC1c2ccccc2-c2ccccc21)C(C)C. The van der Waals surface area contributed by atoms with E-state index >= 15 is 9.59 Å². The normalized spacial score (nSPS) is 15.9. The van der Waals surface area contributed by atoms with Crippen LogP contribution in [0.25, 0.3) is 11.1 Å².